The average molecular weight is 728 g/mol. The third-order valence-electron chi connectivity index (χ3n) is 11.6. The van der Waals surface area contributed by atoms with Crippen molar-refractivity contribution < 1.29 is 8.83 Å². The summed E-state index contributed by atoms with van der Waals surface area (Å²) in [5.74, 6) is 0. The van der Waals surface area contributed by atoms with Crippen molar-refractivity contribution in [1.29, 1.82) is 0 Å². The molecule has 0 amide bonds. The zero-order valence-electron chi connectivity index (χ0n) is 30.8. The van der Waals surface area contributed by atoms with Crippen LogP contribution in [0.4, 0.5) is 17.1 Å². The normalized spacial score (nSPS) is 11.9. The predicted molar refractivity (Wildman–Crippen MR) is 239 cm³/mol. The number of hydrogen-bond donors (Lipinski definition) is 0. The van der Waals surface area contributed by atoms with Gasteiger partial charge in [0.15, 0.2) is 0 Å². The Balaban J connectivity index is 1.05. The summed E-state index contributed by atoms with van der Waals surface area (Å²) in [6.07, 6.45) is 0. The number of benzene rings is 10. The molecule has 0 saturated heterocycles. The Morgan fingerprint density at radius 3 is 1.79 bits per heavy atom. The van der Waals surface area contributed by atoms with Crippen molar-refractivity contribution in [3.8, 4) is 22.3 Å². The fourth-order valence-electron chi connectivity index (χ4n) is 8.95. The summed E-state index contributed by atoms with van der Waals surface area (Å²) >= 11 is 0. The van der Waals surface area contributed by atoms with Crippen molar-refractivity contribution in [2.75, 3.05) is 4.90 Å². The minimum absolute atomic E-state index is 0.849. The Morgan fingerprint density at radius 2 is 0.912 bits per heavy atom. The van der Waals surface area contributed by atoms with Gasteiger partial charge < -0.3 is 13.7 Å². The third kappa shape index (κ3) is 4.99. The van der Waals surface area contributed by atoms with E-state index in [4.69, 9.17) is 8.83 Å². The molecular formula is C54H33NO2. The van der Waals surface area contributed by atoms with Crippen LogP contribution in [0.5, 0.6) is 0 Å². The monoisotopic (exact) mass is 727 g/mol. The van der Waals surface area contributed by atoms with Gasteiger partial charge in [0.25, 0.3) is 0 Å². The molecule has 10 aromatic carbocycles. The fourth-order valence-corrected chi connectivity index (χ4v) is 8.95. The van der Waals surface area contributed by atoms with Gasteiger partial charge in [0.1, 0.15) is 22.3 Å². The molecule has 0 radical (unpaired) electrons. The lowest BCUT2D eigenvalue weighted by atomic mass is 9.94. The minimum Gasteiger partial charge on any atom is -0.456 e. The maximum Gasteiger partial charge on any atom is 0.143 e. The minimum atomic E-state index is 0.849. The van der Waals surface area contributed by atoms with Crippen LogP contribution in [0.25, 0.3) is 98.4 Å². The number of fused-ring (bicyclic) bond motifs is 10. The van der Waals surface area contributed by atoms with E-state index in [2.05, 4.69) is 193 Å². The number of anilines is 3. The smallest absolute Gasteiger partial charge is 0.143 e. The number of para-hydroxylation sites is 3. The van der Waals surface area contributed by atoms with E-state index in [1.807, 2.05) is 12.1 Å². The number of nitrogens with zero attached hydrogens (tertiary/aromatic N) is 1. The summed E-state index contributed by atoms with van der Waals surface area (Å²) in [6.45, 7) is 0. The quantitative estimate of drug-likeness (QED) is 0.165. The zero-order chi connectivity index (χ0) is 37.5. The first-order valence-electron chi connectivity index (χ1n) is 19.4. The maximum absolute atomic E-state index is 6.78. The molecule has 0 N–H and O–H groups in total. The molecule has 3 nitrogen and oxygen atoms in total. The van der Waals surface area contributed by atoms with E-state index >= 15 is 0 Å². The highest BCUT2D eigenvalue weighted by Gasteiger charge is 2.22. The van der Waals surface area contributed by atoms with Crippen molar-refractivity contribution in [2.24, 2.45) is 0 Å². The van der Waals surface area contributed by atoms with Crippen LogP contribution in [0.15, 0.2) is 209 Å². The van der Waals surface area contributed by atoms with Gasteiger partial charge in [0.2, 0.25) is 0 Å². The van der Waals surface area contributed by atoms with Gasteiger partial charge in [-0.2, -0.15) is 0 Å². The highest BCUT2D eigenvalue weighted by atomic mass is 16.3. The topological polar surface area (TPSA) is 29.5 Å². The molecule has 2 aromatic heterocycles. The van der Waals surface area contributed by atoms with Crippen LogP contribution in [0.1, 0.15) is 0 Å². The lowest BCUT2D eigenvalue weighted by molar-refractivity contribution is 0.669. The largest absolute Gasteiger partial charge is 0.456 e. The van der Waals surface area contributed by atoms with E-state index in [1.165, 1.54) is 43.4 Å². The van der Waals surface area contributed by atoms with Crippen molar-refractivity contribution in [3.05, 3.63) is 200 Å². The molecule has 12 rings (SSSR count). The summed E-state index contributed by atoms with van der Waals surface area (Å²) in [5, 5.41) is 11.8. The molecule has 0 spiro atoms. The van der Waals surface area contributed by atoms with Crippen LogP contribution >= 0.6 is 0 Å². The van der Waals surface area contributed by atoms with Gasteiger partial charge in [-0.05, 0) is 92.0 Å². The molecule has 0 saturated carbocycles. The maximum atomic E-state index is 6.78. The first-order valence-corrected chi connectivity index (χ1v) is 19.4. The van der Waals surface area contributed by atoms with Gasteiger partial charge in [0, 0.05) is 50.1 Å². The number of furan rings is 2. The van der Waals surface area contributed by atoms with Crippen LogP contribution in [0, 0.1) is 0 Å². The second-order valence-electron chi connectivity index (χ2n) is 14.8. The molecule has 0 atom stereocenters. The van der Waals surface area contributed by atoms with E-state index in [1.54, 1.807) is 0 Å². The van der Waals surface area contributed by atoms with E-state index in [9.17, 15) is 0 Å². The van der Waals surface area contributed by atoms with Gasteiger partial charge in [-0.15, -0.1) is 0 Å². The van der Waals surface area contributed by atoms with Crippen molar-refractivity contribution in [3.63, 3.8) is 0 Å². The zero-order valence-corrected chi connectivity index (χ0v) is 30.8. The second-order valence-corrected chi connectivity index (χ2v) is 14.8. The molecule has 3 heteroatoms. The molecule has 12 aromatic rings. The lowest BCUT2D eigenvalue weighted by Crippen LogP contribution is -2.11. The Bertz CT molecular complexity index is 3530. The molecule has 0 aliphatic heterocycles. The van der Waals surface area contributed by atoms with Crippen LogP contribution < -0.4 is 4.90 Å². The van der Waals surface area contributed by atoms with Crippen molar-refractivity contribution >= 4 is 93.3 Å². The Labute approximate surface area is 328 Å². The summed E-state index contributed by atoms with van der Waals surface area (Å²) in [7, 11) is 0. The second kappa shape index (κ2) is 12.5. The highest BCUT2D eigenvalue weighted by Crippen LogP contribution is 2.46. The van der Waals surface area contributed by atoms with Crippen LogP contribution in [-0.4, -0.2) is 0 Å². The Kier molecular flexibility index (Phi) is 6.93. The SMILES string of the molecule is c1ccc(N(c2ccc(-c3cccc4c3ccc3ccccc34)cc2)c2ccc3c(c2)oc2ccccc23)c(-c2cccc3c2oc2cc4ccccc4cc23)c1. The molecule has 0 bridgehead atoms. The first kappa shape index (κ1) is 31.7. The van der Waals surface area contributed by atoms with Gasteiger partial charge in [0.05, 0.1) is 5.69 Å². The van der Waals surface area contributed by atoms with Gasteiger partial charge >= 0.3 is 0 Å². The Morgan fingerprint density at radius 1 is 0.298 bits per heavy atom. The molecule has 0 unspecified atom stereocenters. The lowest BCUT2D eigenvalue weighted by Gasteiger charge is -2.28. The van der Waals surface area contributed by atoms with Gasteiger partial charge in [-0.25, -0.2) is 0 Å². The summed E-state index contributed by atoms with van der Waals surface area (Å²) in [5.41, 5.74) is 11.1. The summed E-state index contributed by atoms with van der Waals surface area (Å²) in [6, 6.07) is 71.5. The van der Waals surface area contributed by atoms with E-state index < -0.39 is 0 Å². The molecule has 0 aliphatic rings. The fraction of sp³-hybridized carbons (Fsp3) is 0. The van der Waals surface area contributed by atoms with Gasteiger partial charge in [-0.1, -0.05) is 146 Å². The predicted octanol–water partition coefficient (Wildman–Crippen LogP) is 15.7. The molecule has 266 valence electrons. The molecular weight excluding hydrogens is 695 g/mol. The summed E-state index contributed by atoms with van der Waals surface area (Å²) in [4.78, 5) is 2.35. The van der Waals surface area contributed by atoms with E-state index in [-0.39, 0.29) is 0 Å². The first-order chi connectivity index (χ1) is 28.2. The van der Waals surface area contributed by atoms with Crippen LogP contribution in [-0.2, 0) is 0 Å². The van der Waals surface area contributed by atoms with Crippen molar-refractivity contribution in [1.82, 2.24) is 0 Å². The molecule has 0 aliphatic carbocycles. The standard InChI is InChI=1S/C54H33NO2/c1-2-13-37-32-52-49(31-36(37)12-1)48-20-10-19-47(54(48)57-52)44-15-5-7-21-50(44)55(39-28-30-46-45-16-6-8-22-51(45)56-53(46)33-39)38-26-23-35(24-27-38)41-17-9-18-42-40-14-4-3-11-34(40)25-29-43(41)42/h1-33H. The third-order valence-corrected chi connectivity index (χ3v) is 11.6. The van der Waals surface area contributed by atoms with E-state index in [0.717, 1.165) is 72.1 Å². The molecule has 57 heavy (non-hydrogen) atoms. The molecule has 0 fully saturated rings. The van der Waals surface area contributed by atoms with Crippen LogP contribution in [0.3, 0.4) is 0 Å². The molecule has 2 heterocycles. The van der Waals surface area contributed by atoms with E-state index in [0.29, 0.717) is 0 Å². The highest BCUT2D eigenvalue weighted by molar-refractivity contribution is 6.15. The number of rotatable bonds is 5. The van der Waals surface area contributed by atoms with Gasteiger partial charge in [-0.3, -0.25) is 0 Å². The average Bonchev–Trinajstić information content (AvgIpc) is 3.83. The number of hydrogen-bond acceptors (Lipinski definition) is 3. The van der Waals surface area contributed by atoms with Crippen molar-refractivity contribution in [2.45, 2.75) is 0 Å². The summed E-state index contributed by atoms with van der Waals surface area (Å²) < 4.78 is 13.2. The Hall–Kier alpha value is -7.62. The van der Waals surface area contributed by atoms with Crippen LogP contribution in [0.2, 0.25) is 0 Å².